The molecule has 0 aliphatic heterocycles. The molecule has 3 nitrogen and oxygen atoms in total. The van der Waals surface area contributed by atoms with E-state index < -0.39 is 5.97 Å². The Morgan fingerprint density at radius 1 is 1.56 bits per heavy atom. The van der Waals surface area contributed by atoms with Gasteiger partial charge in [0.05, 0.1) is 0 Å². The monoisotopic (exact) mass is 239 g/mol. The topological polar surface area (TPSA) is 49.3 Å². The van der Waals surface area contributed by atoms with Gasteiger partial charge in [0, 0.05) is 17.0 Å². The molecule has 2 rings (SSSR count). The van der Waals surface area contributed by atoms with Gasteiger partial charge >= 0.3 is 5.97 Å². The molecule has 1 saturated carbocycles. The second-order valence-electron chi connectivity index (χ2n) is 4.92. The number of thiophene rings is 1. The number of hydrogen-bond donors (Lipinski definition) is 2. The van der Waals surface area contributed by atoms with Gasteiger partial charge in [-0.05, 0) is 44.7 Å². The number of carboxylic acid groups (broad SMARTS) is 1. The molecular weight excluding hydrogens is 222 g/mol. The molecule has 0 bridgehead atoms. The van der Waals surface area contributed by atoms with Crippen molar-refractivity contribution in [2.24, 2.45) is 5.92 Å². The van der Waals surface area contributed by atoms with E-state index in [1.807, 2.05) is 6.07 Å². The molecule has 1 heterocycles. The quantitative estimate of drug-likeness (QED) is 0.830. The van der Waals surface area contributed by atoms with E-state index in [4.69, 9.17) is 5.11 Å². The third-order valence-corrected chi connectivity index (χ3v) is 4.26. The van der Waals surface area contributed by atoms with Crippen molar-refractivity contribution in [1.29, 1.82) is 0 Å². The molecule has 1 aliphatic rings. The van der Waals surface area contributed by atoms with Gasteiger partial charge in [-0.3, -0.25) is 0 Å². The van der Waals surface area contributed by atoms with Crippen LogP contribution in [-0.4, -0.2) is 16.6 Å². The minimum atomic E-state index is -0.835. The van der Waals surface area contributed by atoms with E-state index in [1.165, 1.54) is 24.2 Å². The number of hydrogen-bond acceptors (Lipinski definition) is 3. The fourth-order valence-electron chi connectivity index (χ4n) is 1.85. The molecular formula is C12H17NO2S. The van der Waals surface area contributed by atoms with Crippen LogP contribution in [0.5, 0.6) is 0 Å². The van der Waals surface area contributed by atoms with Crippen molar-refractivity contribution >= 4 is 17.3 Å². The fourth-order valence-corrected chi connectivity index (χ4v) is 2.64. The highest BCUT2D eigenvalue weighted by Gasteiger charge is 2.37. The molecule has 0 amide bonds. The zero-order chi connectivity index (χ0) is 11.8. The predicted octanol–water partition coefficient (Wildman–Crippen LogP) is 2.72. The highest BCUT2D eigenvalue weighted by Crippen LogP contribution is 2.39. The standard InChI is InChI=1S/C12H17NO2S/c1-12(2,8-3-4-8)13-7-9-5-6-10(16-9)11(14)15/h5-6,8,13H,3-4,7H2,1-2H3,(H,14,15). The summed E-state index contributed by atoms with van der Waals surface area (Å²) in [6.07, 6.45) is 2.62. The lowest BCUT2D eigenvalue weighted by Gasteiger charge is -2.25. The molecule has 1 aromatic heterocycles. The molecule has 2 N–H and O–H groups in total. The summed E-state index contributed by atoms with van der Waals surface area (Å²) in [5.74, 6) is -0.0518. The Labute approximate surface area is 99.5 Å². The number of carbonyl (C=O) groups is 1. The summed E-state index contributed by atoms with van der Waals surface area (Å²) in [4.78, 5) is 12.2. The predicted molar refractivity (Wildman–Crippen MR) is 64.9 cm³/mol. The maximum Gasteiger partial charge on any atom is 0.345 e. The number of aromatic carboxylic acids is 1. The van der Waals surface area contributed by atoms with Gasteiger partial charge in [-0.25, -0.2) is 4.79 Å². The average Bonchev–Trinajstić information content (AvgIpc) is 2.95. The first kappa shape index (κ1) is 11.6. The fraction of sp³-hybridized carbons (Fsp3) is 0.583. The van der Waals surface area contributed by atoms with E-state index in [1.54, 1.807) is 6.07 Å². The Morgan fingerprint density at radius 3 is 2.75 bits per heavy atom. The van der Waals surface area contributed by atoms with Gasteiger partial charge in [0.15, 0.2) is 0 Å². The molecule has 1 fully saturated rings. The third kappa shape index (κ3) is 2.62. The zero-order valence-corrected chi connectivity index (χ0v) is 10.4. The van der Waals surface area contributed by atoms with Gasteiger partial charge in [0.2, 0.25) is 0 Å². The summed E-state index contributed by atoms with van der Waals surface area (Å²) in [7, 11) is 0. The largest absolute Gasteiger partial charge is 0.477 e. The second kappa shape index (κ2) is 4.18. The molecule has 0 unspecified atom stereocenters. The van der Waals surface area contributed by atoms with Crippen molar-refractivity contribution in [1.82, 2.24) is 5.32 Å². The van der Waals surface area contributed by atoms with E-state index in [2.05, 4.69) is 19.2 Å². The average molecular weight is 239 g/mol. The van der Waals surface area contributed by atoms with E-state index in [0.717, 1.165) is 17.3 Å². The minimum Gasteiger partial charge on any atom is -0.477 e. The van der Waals surface area contributed by atoms with Gasteiger partial charge in [-0.2, -0.15) is 0 Å². The highest BCUT2D eigenvalue weighted by molar-refractivity contribution is 7.13. The van der Waals surface area contributed by atoms with Crippen molar-refractivity contribution in [2.45, 2.75) is 38.8 Å². The Balaban J connectivity index is 1.91. The van der Waals surface area contributed by atoms with Crippen LogP contribution in [0.15, 0.2) is 12.1 Å². The van der Waals surface area contributed by atoms with E-state index in [-0.39, 0.29) is 5.54 Å². The Kier molecular flexibility index (Phi) is 3.04. The van der Waals surface area contributed by atoms with E-state index in [9.17, 15) is 4.79 Å². The molecule has 16 heavy (non-hydrogen) atoms. The first-order valence-corrected chi connectivity index (χ1v) is 6.38. The number of nitrogens with one attached hydrogen (secondary N) is 1. The van der Waals surface area contributed by atoms with Gasteiger partial charge in [0.25, 0.3) is 0 Å². The van der Waals surface area contributed by atoms with Crippen molar-refractivity contribution in [3.8, 4) is 0 Å². The van der Waals surface area contributed by atoms with Crippen LogP contribution in [0, 0.1) is 5.92 Å². The smallest absolute Gasteiger partial charge is 0.345 e. The molecule has 0 atom stereocenters. The van der Waals surface area contributed by atoms with Gasteiger partial charge in [0.1, 0.15) is 4.88 Å². The Morgan fingerprint density at radius 2 is 2.25 bits per heavy atom. The first-order chi connectivity index (χ1) is 7.49. The summed E-state index contributed by atoms with van der Waals surface area (Å²) in [6.45, 7) is 5.20. The lowest BCUT2D eigenvalue weighted by Crippen LogP contribution is -2.40. The van der Waals surface area contributed by atoms with Gasteiger partial charge < -0.3 is 10.4 Å². The van der Waals surface area contributed by atoms with Crippen LogP contribution >= 0.6 is 11.3 Å². The van der Waals surface area contributed by atoms with Crippen LogP contribution in [-0.2, 0) is 6.54 Å². The first-order valence-electron chi connectivity index (χ1n) is 5.56. The number of rotatable bonds is 5. The number of carboxylic acids is 1. The van der Waals surface area contributed by atoms with Crippen LogP contribution < -0.4 is 5.32 Å². The Hall–Kier alpha value is -0.870. The molecule has 88 valence electrons. The van der Waals surface area contributed by atoms with Crippen LogP contribution in [0.4, 0.5) is 0 Å². The lowest BCUT2D eigenvalue weighted by molar-refractivity contribution is 0.0702. The van der Waals surface area contributed by atoms with Crippen LogP contribution in [0.2, 0.25) is 0 Å². The van der Waals surface area contributed by atoms with E-state index >= 15 is 0 Å². The maximum absolute atomic E-state index is 10.7. The van der Waals surface area contributed by atoms with Crippen LogP contribution in [0.3, 0.4) is 0 Å². The zero-order valence-electron chi connectivity index (χ0n) is 9.62. The van der Waals surface area contributed by atoms with Crippen LogP contribution in [0.1, 0.15) is 41.2 Å². The van der Waals surface area contributed by atoms with Crippen molar-refractivity contribution < 1.29 is 9.90 Å². The molecule has 0 aromatic carbocycles. The summed E-state index contributed by atoms with van der Waals surface area (Å²) >= 11 is 1.35. The SMILES string of the molecule is CC(C)(NCc1ccc(C(=O)O)s1)C1CC1. The lowest BCUT2D eigenvalue weighted by atomic mass is 9.99. The minimum absolute atomic E-state index is 0.174. The van der Waals surface area contributed by atoms with Crippen molar-refractivity contribution in [3.05, 3.63) is 21.9 Å². The van der Waals surface area contributed by atoms with Crippen molar-refractivity contribution in [3.63, 3.8) is 0 Å². The highest BCUT2D eigenvalue weighted by atomic mass is 32.1. The molecule has 4 heteroatoms. The summed E-state index contributed by atoms with van der Waals surface area (Å²) in [5.41, 5.74) is 0.174. The summed E-state index contributed by atoms with van der Waals surface area (Å²) in [5, 5.41) is 12.3. The van der Waals surface area contributed by atoms with Gasteiger partial charge in [-0.1, -0.05) is 0 Å². The molecule has 0 spiro atoms. The summed E-state index contributed by atoms with van der Waals surface area (Å²) < 4.78 is 0. The third-order valence-electron chi connectivity index (χ3n) is 3.19. The molecule has 0 radical (unpaired) electrons. The summed E-state index contributed by atoms with van der Waals surface area (Å²) in [6, 6.07) is 3.57. The molecule has 1 aliphatic carbocycles. The van der Waals surface area contributed by atoms with Gasteiger partial charge in [-0.15, -0.1) is 11.3 Å². The van der Waals surface area contributed by atoms with Crippen molar-refractivity contribution in [2.75, 3.05) is 0 Å². The maximum atomic E-state index is 10.7. The van der Waals surface area contributed by atoms with Crippen LogP contribution in [0.25, 0.3) is 0 Å². The van der Waals surface area contributed by atoms with E-state index in [0.29, 0.717) is 4.88 Å². The molecule has 0 saturated heterocycles. The molecule has 1 aromatic rings. The normalized spacial score (nSPS) is 16.4. The Bertz CT molecular complexity index is 393. The second-order valence-corrected chi connectivity index (χ2v) is 6.09.